The van der Waals surface area contributed by atoms with Gasteiger partial charge >= 0.3 is 0 Å². The van der Waals surface area contributed by atoms with Crippen molar-refractivity contribution in [3.05, 3.63) is 82.9 Å². The molecule has 2 N–H and O–H groups in total. The highest BCUT2D eigenvalue weighted by molar-refractivity contribution is 7.88. The molecule has 9 heteroatoms. The first-order valence-corrected chi connectivity index (χ1v) is 12.6. The van der Waals surface area contributed by atoms with Crippen LogP contribution in [0.5, 0.6) is 17.2 Å². The summed E-state index contributed by atoms with van der Waals surface area (Å²) < 4.78 is 40.6. The topological polar surface area (TPSA) is 108 Å². The molecule has 174 valence electrons. The Hall–Kier alpha value is -3.56. The van der Waals surface area contributed by atoms with Crippen molar-refractivity contribution in [2.45, 2.75) is 17.7 Å². The maximum atomic E-state index is 14.1. The van der Waals surface area contributed by atoms with Crippen molar-refractivity contribution in [1.29, 1.82) is 0 Å². The first kappa shape index (κ1) is 21.0. The number of para-hydroxylation sites is 1. The normalized spacial score (nSPS) is 20.3. The highest BCUT2D eigenvalue weighted by Gasteiger charge is 2.57. The molecule has 1 atom stereocenters. The van der Waals surface area contributed by atoms with Gasteiger partial charge in [-0.25, -0.2) is 13.6 Å². The second kappa shape index (κ2) is 7.48. The van der Waals surface area contributed by atoms with Crippen molar-refractivity contribution in [3.8, 4) is 17.2 Å². The van der Waals surface area contributed by atoms with E-state index in [-0.39, 0.29) is 24.8 Å². The van der Waals surface area contributed by atoms with E-state index in [1.165, 1.54) is 0 Å². The molecule has 0 saturated carbocycles. The highest BCUT2D eigenvalue weighted by atomic mass is 32.2. The van der Waals surface area contributed by atoms with Gasteiger partial charge in [0.2, 0.25) is 15.9 Å². The number of nitrogens with zero attached hydrogens (tertiary/aromatic N) is 1. The van der Waals surface area contributed by atoms with Crippen LogP contribution < -0.4 is 24.2 Å². The number of nitrogens with two attached hydrogens (primary N) is 1. The number of sulfonamides is 1. The van der Waals surface area contributed by atoms with Gasteiger partial charge in [0.1, 0.15) is 31.0 Å². The summed E-state index contributed by atoms with van der Waals surface area (Å²) in [5.74, 6) is 1.48. The van der Waals surface area contributed by atoms with Gasteiger partial charge in [0.05, 0.1) is 12.3 Å². The quantitative estimate of drug-likeness (QED) is 0.617. The summed E-state index contributed by atoms with van der Waals surface area (Å²) in [6.07, 6.45) is 0. The first-order valence-electron chi connectivity index (χ1n) is 10.9. The van der Waals surface area contributed by atoms with E-state index in [0.29, 0.717) is 36.0 Å². The molecule has 0 aliphatic carbocycles. The summed E-state index contributed by atoms with van der Waals surface area (Å²) in [4.78, 5) is 15.8. The number of anilines is 1. The number of benzene rings is 3. The number of primary sulfonamides is 1. The van der Waals surface area contributed by atoms with Crippen LogP contribution in [0, 0.1) is 0 Å². The fourth-order valence-corrected chi connectivity index (χ4v) is 5.75. The van der Waals surface area contributed by atoms with Crippen molar-refractivity contribution in [2.75, 3.05) is 24.7 Å². The van der Waals surface area contributed by atoms with E-state index in [1.54, 1.807) is 29.2 Å². The maximum Gasteiger partial charge on any atom is 0.246 e. The van der Waals surface area contributed by atoms with Crippen LogP contribution in [-0.4, -0.2) is 34.1 Å². The summed E-state index contributed by atoms with van der Waals surface area (Å²) >= 11 is 0. The van der Waals surface area contributed by atoms with Crippen molar-refractivity contribution in [3.63, 3.8) is 0 Å². The third-order valence-electron chi connectivity index (χ3n) is 6.51. The predicted octanol–water partition coefficient (Wildman–Crippen LogP) is 2.47. The van der Waals surface area contributed by atoms with Crippen LogP contribution in [0.4, 0.5) is 5.69 Å². The summed E-state index contributed by atoms with van der Waals surface area (Å²) in [7, 11) is -3.66. The minimum Gasteiger partial charge on any atom is -0.491 e. The van der Waals surface area contributed by atoms with Gasteiger partial charge in [-0.3, -0.25) is 4.79 Å². The molecular formula is C25H22N2O6S. The standard InChI is InChI=1S/C25H22N2O6S/c26-34(29,30)14-17-5-3-4-16(10-17)13-27-20-7-2-1-6-18(20)25(24(27)28)15-33-21-12-23-22(11-19(21)25)31-8-9-32-23/h1-7,10-12H,8-9,13-15H2,(H2,26,29,30). The summed E-state index contributed by atoms with van der Waals surface area (Å²) in [6.45, 7) is 1.39. The van der Waals surface area contributed by atoms with Gasteiger partial charge in [-0.1, -0.05) is 42.5 Å². The number of carbonyl (C=O) groups excluding carboxylic acids is 1. The van der Waals surface area contributed by atoms with Crippen molar-refractivity contribution in [2.24, 2.45) is 5.14 Å². The smallest absolute Gasteiger partial charge is 0.246 e. The Balaban J connectivity index is 1.42. The number of rotatable bonds is 4. The fourth-order valence-electron chi connectivity index (χ4n) is 5.10. The number of ether oxygens (including phenoxy) is 3. The zero-order chi connectivity index (χ0) is 23.5. The van der Waals surface area contributed by atoms with Crippen LogP contribution in [0.15, 0.2) is 60.7 Å². The molecule has 3 heterocycles. The molecule has 1 unspecified atom stereocenters. The molecule has 3 aromatic carbocycles. The Morgan fingerprint density at radius 3 is 2.38 bits per heavy atom. The third-order valence-corrected chi connectivity index (χ3v) is 7.25. The van der Waals surface area contributed by atoms with Crippen LogP contribution in [0.2, 0.25) is 0 Å². The first-order chi connectivity index (χ1) is 16.3. The SMILES string of the molecule is NS(=O)(=O)Cc1cccc(CN2C(=O)C3(COc4cc5c(cc43)OCCO5)c3ccccc32)c1. The Morgan fingerprint density at radius 1 is 0.853 bits per heavy atom. The zero-order valence-electron chi connectivity index (χ0n) is 18.2. The number of amides is 1. The molecule has 3 aliphatic heterocycles. The minimum absolute atomic E-state index is 0.0963. The van der Waals surface area contributed by atoms with Gasteiger partial charge < -0.3 is 19.1 Å². The minimum atomic E-state index is -3.66. The lowest BCUT2D eigenvalue weighted by Crippen LogP contribution is -2.42. The van der Waals surface area contributed by atoms with E-state index < -0.39 is 15.4 Å². The lowest BCUT2D eigenvalue weighted by molar-refractivity contribution is -0.122. The average molecular weight is 479 g/mol. The van der Waals surface area contributed by atoms with Gasteiger partial charge in [-0.2, -0.15) is 0 Å². The second-order valence-electron chi connectivity index (χ2n) is 8.72. The molecule has 0 saturated heterocycles. The molecule has 0 radical (unpaired) electrons. The van der Waals surface area contributed by atoms with Crippen LogP contribution in [0.25, 0.3) is 0 Å². The van der Waals surface area contributed by atoms with E-state index in [1.807, 2.05) is 36.4 Å². The van der Waals surface area contributed by atoms with E-state index in [4.69, 9.17) is 19.3 Å². The van der Waals surface area contributed by atoms with Crippen molar-refractivity contribution >= 4 is 21.6 Å². The molecule has 0 fully saturated rings. The second-order valence-corrected chi connectivity index (χ2v) is 10.3. The Kier molecular flexibility index (Phi) is 4.62. The van der Waals surface area contributed by atoms with Gasteiger partial charge in [-0.05, 0) is 28.8 Å². The van der Waals surface area contributed by atoms with Crippen molar-refractivity contribution in [1.82, 2.24) is 0 Å². The fraction of sp³-hybridized carbons (Fsp3) is 0.240. The Bertz CT molecular complexity index is 1440. The Labute approximate surface area is 196 Å². The third kappa shape index (κ3) is 3.23. The average Bonchev–Trinajstić information content (AvgIpc) is 3.29. The van der Waals surface area contributed by atoms with E-state index in [9.17, 15) is 13.2 Å². The van der Waals surface area contributed by atoms with Gasteiger partial charge in [0, 0.05) is 17.3 Å². The maximum absolute atomic E-state index is 14.1. The van der Waals surface area contributed by atoms with E-state index in [2.05, 4.69) is 0 Å². The predicted molar refractivity (Wildman–Crippen MR) is 125 cm³/mol. The molecule has 8 nitrogen and oxygen atoms in total. The van der Waals surface area contributed by atoms with Crippen LogP contribution in [-0.2, 0) is 32.5 Å². The lowest BCUT2D eigenvalue weighted by atomic mass is 9.77. The molecule has 0 aromatic heterocycles. The number of hydrogen-bond donors (Lipinski definition) is 1. The van der Waals surface area contributed by atoms with Crippen molar-refractivity contribution < 1.29 is 27.4 Å². The number of carbonyl (C=O) groups is 1. The van der Waals surface area contributed by atoms with Gasteiger partial charge in [0.25, 0.3) is 0 Å². The van der Waals surface area contributed by atoms with Gasteiger partial charge in [0.15, 0.2) is 11.5 Å². The monoisotopic (exact) mass is 478 g/mol. The van der Waals surface area contributed by atoms with Crippen LogP contribution >= 0.6 is 0 Å². The number of hydrogen-bond acceptors (Lipinski definition) is 6. The van der Waals surface area contributed by atoms with Gasteiger partial charge in [-0.15, -0.1) is 0 Å². The zero-order valence-corrected chi connectivity index (χ0v) is 19.0. The molecular weight excluding hydrogens is 456 g/mol. The summed E-state index contributed by atoms with van der Waals surface area (Å²) in [6, 6.07) is 18.5. The Morgan fingerprint density at radius 2 is 1.59 bits per heavy atom. The molecule has 1 spiro atoms. The van der Waals surface area contributed by atoms with Crippen LogP contribution in [0.3, 0.4) is 0 Å². The number of fused-ring (bicyclic) bond motifs is 5. The molecule has 34 heavy (non-hydrogen) atoms. The molecule has 3 aliphatic rings. The summed E-state index contributed by atoms with van der Waals surface area (Å²) in [5.41, 5.74) is 2.84. The molecule has 6 rings (SSSR count). The van der Waals surface area contributed by atoms with E-state index >= 15 is 0 Å². The largest absolute Gasteiger partial charge is 0.491 e. The molecule has 3 aromatic rings. The molecule has 1 amide bonds. The summed E-state index contributed by atoms with van der Waals surface area (Å²) in [5, 5.41) is 5.21. The molecule has 0 bridgehead atoms. The van der Waals surface area contributed by atoms with E-state index in [0.717, 1.165) is 22.4 Å². The van der Waals surface area contributed by atoms with Crippen LogP contribution in [0.1, 0.15) is 22.3 Å². The highest BCUT2D eigenvalue weighted by Crippen LogP contribution is 2.55. The lowest BCUT2D eigenvalue weighted by Gasteiger charge is -2.25.